The maximum atomic E-state index is 11.7. The van der Waals surface area contributed by atoms with Crippen molar-refractivity contribution in [1.82, 2.24) is 0 Å². The van der Waals surface area contributed by atoms with Crippen LogP contribution < -0.4 is 5.32 Å². The molecule has 0 saturated carbocycles. The van der Waals surface area contributed by atoms with E-state index in [4.69, 9.17) is 0 Å². The predicted molar refractivity (Wildman–Crippen MR) is 87.9 cm³/mol. The maximum Gasteiger partial charge on any atom is 0.288 e. The second kappa shape index (κ2) is 7.09. The molecule has 22 heavy (non-hydrogen) atoms. The van der Waals surface area contributed by atoms with Crippen LogP contribution in [0.3, 0.4) is 0 Å². The zero-order valence-corrected chi connectivity index (χ0v) is 14.5. The van der Waals surface area contributed by atoms with Gasteiger partial charge in [0.1, 0.15) is 4.90 Å². The minimum Gasteiger partial charge on any atom is -0.385 e. The fourth-order valence-corrected chi connectivity index (χ4v) is 3.41. The first-order chi connectivity index (χ1) is 10.0. The van der Waals surface area contributed by atoms with E-state index in [0.29, 0.717) is 30.0 Å². The summed E-state index contributed by atoms with van der Waals surface area (Å²) in [4.78, 5) is 10.0. The van der Waals surface area contributed by atoms with Crippen LogP contribution in [0.25, 0.3) is 0 Å². The molecule has 0 heterocycles. The lowest BCUT2D eigenvalue weighted by Crippen LogP contribution is -2.24. The van der Waals surface area contributed by atoms with Gasteiger partial charge in [0.2, 0.25) is 0 Å². The second-order valence-corrected chi connectivity index (χ2v) is 8.23. The first-order valence-electron chi connectivity index (χ1n) is 7.26. The minimum atomic E-state index is -3.65. The highest BCUT2D eigenvalue weighted by molar-refractivity contribution is 7.90. The summed E-state index contributed by atoms with van der Waals surface area (Å²) < 4.78 is 23.5. The van der Waals surface area contributed by atoms with Gasteiger partial charge in [-0.05, 0) is 29.9 Å². The van der Waals surface area contributed by atoms with E-state index >= 15 is 0 Å². The Hall–Kier alpha value is -1.63. The number of nitrogens with one attached hydrogen (secondary N) is 1. The summed E-state index contributed by atoms with van der Waals surface area (Å²) in [6, 6.07) is 4.12. The molecule has 1 N–H and O–H groups in total. The van der Waals surface area contributed by atoms with E-state index in [9.17, 15) is 18.5 Å². The highest BCUT2D eigenvalue weighted by Gasteiger charge is 2.23. The Kier molecular flexibility index (Phi) is 5.93. The van der Waals surface area contributed by atoms with Crippen LogP contribution in [0, 0.1) is 27.9 Å². The molecule has 0 radical (unpaired) electrons. The summed E-state index contributed by atoms with van der Waals surface area (Å²) in [5.74, 6) is 1.40. The van der Waals surface area contributed by atoms with Gasteiger partial charge in [-0.15, -0.1) is 0 Å². The highest BCUT2D eigenvalue weighted by atomic mass is 32.2. The highest BCUT2D eigenvalue weighted by Crippen LogP contribution is 2.28. The fourth-order valence-electron chi connectivity index (χ4n) is 2.55. The van der Waals surface area contributed by atoms with Crippen molar-refractivity contribution in [3.05, 3.63) is 28.3 Å². The van der Waals surface area contributed by atoms with E-state index in [2.05, 4.69) is 33.0 Å². The maximum absolute atomic E-state index is 11.7. The average molecular weight is 328 g/mol. The molecule has 0 aliphatic carbocycles. The summed E-state index contributed by atoms with van der Waals surface area (Å²) in [6.07, 6.45) is 0.976. The van der Waals surface area contributed by atoms with E-state index in [1.54, 1.807) is 6.07 Å². The lowest BCUT2D eigenvalue weighted by Gasteiger charge is -2.25. The quantitative estimate of drug-likeness (QED) is 0.612. The fraction of sp³-hybridized carbons (Fsp3) is 0.600. The number of sulfone groups is 1. The molecule has 0 unspecified atom stereocenters. The van der Waals surface area contributed by atoms with E-state index in [-0.39, 0.29) is 4.90 Å². The molecule has 0 aliphatic rings. The number of rotatable bonds is 7. The number of hydrogen-bond donors (Lipinski definition) is 1. The lowest BCUT2D eigenvalue weighted by atomic mass is 9.85. The van der Waals surface area contributed by atoms with E-state index in [0.717, 1.165) is 6.26 Å². The van der Waals surface area contributed by atoms with E-state index in [1.165, 1.54) is 12.1 Å². The standard InChI is InChI=1S/C15H24N2O4S/c1-10(2)13(11(3)4)9-16-12-6-7-14(17(18)19)15(8-12)22(5,20)21/h6-8,10-11,13,16H,9H2,1-5H3. The number of benzene rings is 1. The van der Waals surface area contributed by atoms with Crippen molar-refractivity contribution in [2.45, 2.75) is 32.6 Å². The predicted octanol–water partition coefficient (Wildman–Crippen LogP) is 3.34. The molecule has 0 spiro atoms. The van der Waals surface area contributed by atoms with Gasteiger partial charge in [-0.1, -0.05) is 27.7 Å². The van der Waals surface area contributed by atoms with E-state index in [1.807, 2.05) is 0 Å². The Balaban J connectivity index is 3.06. The van der Waals surface area contributed by atoms with Crippen molar-refractivity contribution in [2.75, 3.05) is 18.1 Å². The van der Waals surface area contributed by atoms with Crippen molar-refractivity contribution >= 4 is 21.2 Å². The van der Waals surface area contributed by atoms with Crippen LogP contribution in [0.15, 0.2) is 23.1 Å². The zero-order valence-electron chi connectivity index (χ0n) is 13.7. The number of hydrogen-bond acceptors (Lipinski definition) is 5. The molecule has 0 aliphatic heterocycles. The third-order valence-corrected chi connectivity index (χ3v) is 4.94. The number of anilines is 1. The van der Waals surface area contributed by atoms with Crippen molar-refractivity contribution in [2.24, 2.45) is 17.8 Å². The van der Waals surface area contributed by atoms with Crippen LogP contribution in [0.2, 0.25) is 0 Å². The molecule has 0 amide bonds. The average Bonchev–Trinajstić information content (AvgIpc) is 2.36. The summed E-state index contributed by atoms with van der Waals surface area (Å²) in [6.45, 7) is 9.26. The van der Waals surface area contributed by atoms with Crippen LogP contribution in [-0.4, -0.2) is 26.1 Å². The van der Waals surface area contributed by atoms with Gasteiger partial charge in [-0.25, -0.2) is 8.42 Å². The summed E-state index contributed by atoms with van der Waals surface area (Å²) in [5.41, 5.74) is 0.189. The Morgan fingerprint density at radius 1 is 1.18 bits per heavy atom. The lowest BCUT2D eigenvalue weighted by molar-refractivity contribution is -0.387. The molecule has 0 aromatic heterocycles. The van der Waals surface area contributed by atoms with Gasteiger partial charge in [0.25, 0.3) is 5.69 Å². The normalized spacial score (nSPS) is 12.2. The Morgan fingerprint density at radius 2 is 1.73 bits per heavy atom. The zero-order chi connectivity index (χ0) is 17.1. The van der Waals surface area contributed by atoms with Crippen LogP contribution in [-0.2, 0) is 9.84 Å². The van der Waals surface area contributed by atoms with Gasteiger partial charge in [0.15, 0.2) is 9.84 Å². The number of nitrogens with zero attached hydrogens (tertiary/aromatic N) is 1. The summed E-state index contributed by atoms with van der Waals surface area (Å²) in [7, 11) is -3.65. The summed E-state index contributed by atoms with van der Waals surface area (Å²) in [5, 5.41) is 14.1. The summed E-state index contributed by atoms with van der Waals surface area (Å²) >= 11 is 0. The third kappa shape index (κ3) is 4.69. The third-order valence-electron chi connectivity index (χ3n) is 3.81. The largest absolute Gasteiger partial charge is 0.385 e. The van der Waals surface area contributed by atoms with Crippen molar-refractivity contribution in [3.63, 3.8) is 0 Å². The van der Waals surface area contributed by atoms with Crippen molar-refractivity contribution in [3.8, 4) is 0 Å². The molecule has 1 aromatic rings. The Labute approximate surface area is 132 Å². The van der Waals surface area contributed by atoms with Gasteiger partial charge in [-0.3, -0.25) is 10.1 Å². The van der Waals surface area contributed by atoms with Gasteiger partial charge in [0, 0.05) is 24.6 Å². The Morgan fingerprint density at radius 3 is 2.14 bits per heavy atom. The van der Waals surface area contributed by atoms with Gasteiger partial charge in [-0.2, -0.15) is 0 Å². The molecule has 0 atom stereocenters. The van der Waals surface area contributed by atoms with Gasteiger partial charge in [0.05, 0.1) is 4.92 Å². The number of nitro groups is 1. The van der Waals surface area contributed by atoms with Crippen molar-refractivity contribution < 1.29 is 13.3 Å². The molecule has 0 fully saturated rings. The van der Waals surface area contributed by atoms with Gasteiger partial charge < -0.3 is 5.32 Å². The first-order valence-corrected chi connectivity index (χ1v) is 9.15. The second-order valence-electron chi connectivity index (χ2n) is 6.24. The molecular formula is C15H24N2O4S. The Bertz CT molecular complexity index is 631. The molecule has 1 aromatic carbocycles. The van der Waals surface area contributed by atoms with Crippen molar-refractivity contribution in [1.29, 1.82) is 0 Å². The number of nitro benzene ring substituents is 1. The molecule has 1 rings (SSSR count). The molecule has 7 heteroatoms. The van der Waals surface area contributed by atoms with Crippen LogP contribution in [0.5, 0.6) is 0 Å². The smallest absolute Gasteiger partial charge is 0.288 e. The van der Waals surface area contributed by atoms with Gasteiger partial charge >= 0.3 is 0 Å². The molecule has 6 nitrogen and oxygen atoms in total. The molecule has 0 saturated heterocycles. The SMILES string of the molecule is CC(C)C(CNc1ccc([N+](=O)[O-])c(S(C)(=O)=O)c1)C(C)C. The topological polar surface area (TPSA) is 89.3 Å². The first kappa shape index (κ1) is 18.4. The van der Waals surface area contributed by atoms with Crippen LogP contribution in [0.4, 0.5) is 11.4 Å². The molecule has 0 bridgehead atoms. The van der Waals surface area contributed by atoms with E-state index < -0.39 is 20.4 Å². The molecular weight excluding hydrogens is 304 g/mol. The molecule has 124 valence electrons. The van der Waals surface area contributed by atoms with Crippen LogP contribution in [0.1, 0.15) is 27.7 Å². The van der Waals surface area contributed by atoms with Crippen LogP contribution >= 0.6 is 0 Å². The monoisotopic (exact) mass is 328 g/mol. The minimum absolute atomic E-state index is 0.256.